The molecule has 0 bridgehead atoms. The van der Waals surface area contributed by atoms with E-state index in [1.165, 1.54) is 0 Å². The summed E-state index contributed by atoms with van der Waals surface area (Å²) in [5.74, 6) is 0.554. The number of ether oxygens (including phenoxy) is 1. The molecule has 110 valence electrons. The highest BCUT2D eigenvalue weighted by Crippen LogP contribution is 2.32. The van der Waals surface area contributed by atoms with Crippen LogP contribution in [0, 0.1) is 0 Å². The Kier molecular flexibility index (Phi) is 4.18. The van der Waals surface area contributed by atoms with Gasteiger partial charge in [-0.25, -0.2) is 4.79 Å². The highest BCUT2D eigenvalue weighted by molar-refractivity contribution is 5.85. The average Bonchev–Trinajstić information content (AvgIpc) is 2.79. The van der Waals surface area contributed by atoms with Gasteiger partial charge in [-0.2, -0.15) is 0 Å². The van der Waals surface area contributed by atoms with Crippen molar-refractivity contribution in [3.63, 3.8) is 0 Å². The summed E-state index contributed by atoms with van der Waals surface area (Å²) in [6.07, 6.45) is 0.499. The molecule has 5 heteroatoms. The Bertz CT molecular complexity index is 488. The van der Waals surface area contributed by atoms with Crippen molar-refractivity contribution in [2.24, 2.45) is 0 Å². The predicted octanol–water partition coefficient (Wildman–Crippen LogP) is 2.82. The fourth-order valence-corrected chi connectivity index (χ4v) is 2.31. The Morgan fingerprint density at radius 2 is 2.20 bits per heavy atom. The molecule has 5 nitrogen and oxygen atoms in total. The molecule has 1 atom stereocenters. The normalized spacial score (nSPS) is 18.9. The largest absolute Gasteiger partial charge is 0.508 e. The third-order valence-corrected chi connectivity index (χ3v) is 3.18. The number of phenolic OH excluding ortho intramolecular Hbond substituents is 1. The van der Waals surface area contributed by atoms with Gasteiger partial charge in [-0.1, -0.05) is 6.07 Å². The van der Waals surface area contributed by atoms with Gasteiger partial charge in [-0.3, -0.25) is 5.32 Å². The molecule has 0 radical (unpaired) electrons. The molecular weight excluding hydrogens is 256 g/mol. The standard InChI is InChI=1S/C15H22N2O3/c1-15(2,3)20-14(19)17-11-4-5-12(13(18)8-11)10-6-7-16-9-10/h4-5,8,10,16,18H,6-7,9H2,1-3H3,(H,17,19). The first kappa shape index (κ1) is 14.7. The van der Waals surface area contributed by atoms with Crippen molar-refractivity contribution >= 4 is 11.8 Å². The Hall–Kier alpha value is -1.75. The van der Waals surface area contributed by atoms with Crippen LogP contribution in [0.5, 0.6) is 5.75 Å². The molecule has 1 amide bonds. The molecule has 1 saturated heterocycles. The summed E-state index contributed by atoms with van der Waals surface area (Å²) in [6, 6.07) is 5.22. The van der Waals surface area contributed by atoms with Crippen molar-refractivity contribution in [1.29, 1.82) is 0 Å². The summed E-state index contributed by atoms with van der Waals surface area (Å²) in [5, 5.41) is 16.0. The van der Waals surface area contributed by atoms with Crippen LogP contribution in [0.4, 0.5) is 10.5 Å². The molecule has 2 rings (SSSR count). The molecule has 0 aliphatic carbocycles. The molecule has 1 unspecified atom stereocenters. The predicted molar refractivity (Wildman–Crippen MR) is 78.2 cm³/mol. The van der Waals surface area contributed by atoms with Crippen molar-refractivity contribution in [2.45, 2.75) is 38.7 Å². The van der Waals surface area contributed by atoms with E-state index in [1.807, 2.05) is 6.07 Å². The van der Waals surface area contributed by atoms with Crippen molar-refractivity contribution < 1.29 is 14.6 Å². The summed E-state index contributed by atoms with van der Waals surface area (Å²) in [7, 11) is 0. The Morgan fingerprint density at radius 1 is 1.45 bits per heavy atom. The van der Waals surface area contributed by atoms with E-state index in [1.54, 1.807) is 32.9 Å². The average molecular weight is 278 g/mol. The number of hydrogen-bond acceptors (Lipinski definition) is 4. The molecule has 0 aromatic heterocycles. The van der Waals surface area contributed by atoms with Crippen LogP contribution in [0.15, 0.2) is 18.2 Å². The number of benzene rings is 1. The topological polar surface area (TPSA) is 70.6 Å². The van der Waals surface area contributed by atoms with Gasteiger partial charge in [0.1, 0.15) is 11.4 Å². The van der Waals surface area contributed by atoms with Crippen LogP contribution in [-0.4, -0.2) is 29.9 Å². The van der Waals surface area contributed by atoms with Gasteiger partial charge in [0.25, 0.3) is 0 Å². The maximum absolute atomic E-state index is 11.7. The zero-order chi connectivity index (χ0) is 14.8. The molecule has 0 saturated carbocycles. The summed E-state index contributed by atoms with van der Waals surface area (Å²) >= 11 is 0. The summed E-state index contributed by atoms with van der Waals surface area (Å²) < 4.78 is 5.17. The van der Waals surface area contributed by atoms with Gasteiger partial charge in [-0.15, -0.1) is 0 Å². The van der Waals surface area contributed by atoms with Crippen LogP contribution in [0.25, 0.3) is 0 Å². The van der Waals surface area contributed by atoms with Crippen LogP contribution in [-0.2, 0) is 4.74 Å². The number of anilines is 1. The van der Waals surface area contributed by atoms with Gasteiger partial charge < -0.3 is 15.2 Å². The number of aromatic hydroxyl groups is 1. The van der Waals surface area contributed by atoms with E-state index in [4.69, 9.17) is 4.74 Å². The Balaban J connectivity index is 2.03. The van der Waals surface area contributed by atoms with Crippen LogP contribution in [0.1, 0.15) is 38.7 Å². The first-order valence-electron chi connectivity index (χ1n) is 6.89. The zero-order valence-electron chi connectivity index (χ0n) is 12.2. The van der Waals surface area contributed by atoms with Crippen molar-refractivity contribution in [1.82, 2.24) is 5.32 Å². The molecule has 1 aliphatic heterocycles. The fraction of sp³-hybridized carbons (Fsp3) is 0.533. The van der Waals surface area contributed by atoms with E-state index < -0.39 is 11.7 Å². The number of nitrogens with one attached hydrogen (secondary N) is 2. The van der Waals surface area contributed by atoms with Crippen molar-refractivity contribution in [3.8, 4) is 5.75 Å². The van der Waals surface area contributed by atoms with E-state index in [0.717, 1.165) is 25.1 Å². The molecule has 1 aliphatic rings. The maximum atomic E-state index is 11.7. The van der Waals surface area contributed by atoms with Crippen molar-refractivity contribution in [3.05, 3.63) is 23.8 Å². The monoisotopic (exact) mass is 278 g/mol. The number of amides is 1. The molecule has 1 aromatic carbocycles. The minimum Gasteiger partial charge on any atom is -0.508 e. The Labute approximate surface area is 119 Å². The van der Waals surface area contributed by atoms with Gasteiger partial charge in [0.15, 0.2) is 0 Å². The van der Waals surface area contributed by atoms with E-state index in [9.17, 15) is 9.90 Å². The van der Waals surface area contributed by atoms with E-state index in [2.05, 4.69) is 10.6 Å². The zero-order valence-corrected chi connectivity index (χ0v) is 12.2. The number of carbonyl (C=O) groups excluding carboxylic acids is 1. The van der Waals surface area contributed by atoms with Crippen LogP contribution in [0.3, 0.4) is 0 Å². The summed E-state index contributed by atoms with van der Waals surface area (Å²) in [6.45, 7) is 7.27. The van der Waals surface area contributed by atoms with Gasteiger partial charge in [0.05, 0.1) is 0 Å². The summed E-state index contributed by atoms with van der Waals surface area (Å²) in [5.41, 5.74) is 0.915. The van der Waals surface area contributed by atoms with Crippen LogP contribution in [0.2, 0.25) is 0 Å². The second kappa shape index (κ2) is 5.71. The quantitative estimate of drug-likeness (QED) is 0.778. The number of hydrogen-bond donors (Lipinski definition) is 3. The highest BCUT2D eigenvalue weighted by Gasteiger charge is 2.20. The fourth-order valence-electron chi connectivity index (χ4n) is 2.31. The van der Waals surface area contributed by atoms with E-state index in [0.29, 0.717) is 11.6 Å². The third-order valence-electron chi connectivity index (χ3n) is 3.18. The van der Waals surface area contributed by atoms with E-state index >= 15 is 0 Å². The van der Waals surface area contributed by atoms with Crippen LogP contribution < -0.4 is 10.6 Å². The second-order valence-corrected chi connectivity index (χ2v) is 6.09. The molecular formula is C15H22N2O3. The van der Waals surface area contributed by atoms with Crippen LogP contribution >= 0.6 is 0 Å². The minimum absolute atomic E-state index is 0.215. The Morgan fingerprint density at radius 3 is 2.75 bits per heavy atom. The van der Waals surface area contributed by atoms with E-state index in [-0.39, 0.29) is 5.75 Å². The maximum Gasteiger partial charge on any atom is 0.412 e. The SMILES string of the molecule is CC(C)(C)OC(=O)Nc1ccc(C2CCNC2)c(O)c1. The molecule has 0 spiro atoms. The molecule has 1 heterocycles. The summed E-state index contributed by atoms with van der Waals surface area (Å²) in [4.78, 5) is 11.7. The third kappa shape index (κ3) is 3.87. The van der Waals surface area contributed by atoms with Gasteiger partial charge in [0.2, 0.25) is 0 Å². The lowest BCUT2D eigenvalue weighted by Crippen LogP contribution is -2.27. The number of phenols is 1. The lowest BCUT2D eigenvalue weighted by molar-refractivity contribution is 0.0636. The molecule has 1 fully saturated rings. The molecule has 1 aromatic rings. The first-order valence-corrected chi connectivity index (χ1v) is 6.89. The van der Waals surface area contributed by atoms with Gasteiger partial charge in [0, 0.05) is 24.2 Å². The lowest BCUT2D eigenvalue weighted by Gasteiger charge is -2.20. The highest BCUT2D eigenvalue weighted by atomic mass is 16.6. The smallest absolute Gasteiger partial charge is 0.412 e. The number of carbonyl (C=O) groups is 1. The van der Waals surface area contributed by atoms with Gasteiger partial charge >= 0.3 is 6.09 Å². The second-order valence-electron chi connectivity index (χ2n) is 6.09. The van der Waals surface area contributed by atoms with Crippen molar-refractivity contribution in [2.75, 3.05) is 18.4 Å². The minimum atomic E-state index is -0.540. The van der Waals surface area contributed by atoms with Gasteiger partial charge in [-0.05, 0) is 45.4 Å². The lowest BCUT2D eigenvalue weighted by atomic mass is 9.97. The molecule has 3 N–H and O–H groups in total. The molecule has 20 heavy (non-hydrogen) atoms. The number of rotatable bonds is 2. The first-order chi connectivity index (χ1) is 9.35.